The lowest BCUT2D eigenvalue weighted by Gasteiger charge is -2.09. The Hall–Kier alpha value is -0.960. The molecule has 0 bridgehead atoms. The molecule has 0 radical (unpaired) electrons. The summed E-state index contributed by atoms with van der Waals surface area (Å²) in [5.41, 5.74) is 1.37. The number of hydrogen-bond donors (Lipinski definition) is 1. The number of amidine groups is 1. The van der Waals surface area contributed by atoms with Gasteiger partial charge in [-0.15, -0.1) is 0 Å². The van der Waals surface area contributed by atoms with E-state index in [4.69, 9.17) is 0 Å². The minimum Gasteiger partial charge on any atom is -0.361 e. The van der Waals surface area contributed by atoms with Gasteiger partial charge in [-0.05, 0) is 12.0 Å². The first-order chi connectivity index (χ1) is 8.29. The van der Waals surface area contributed by atoms with Crippen molar-refractivity contribution in [1.82, 2.24) is 5.32 Å². The van der Waals surface area contributed by atoms with Crippen LogP contribution in [0.5, 0.6) is 0 Å². The van der Waals surface area contributed by atoms with Crippen molar-refractivity contribution in [1.29, 1.82) is 0 Å². The monoisotopic (exact) mass is 248 g/mol. The van der Waals surface area contributed by atoms with Gasteiger partial charge in [-0.25, -0.2) is 0 Å². The summed E-state index contributed by atoms with van der Waals surface area (Å²) < 4.78 is 0. The molecule has 1 N–H and O–H groups in total. The van der Waals surface area contributed by atoms with E-state index in [0.29, 0.717) is 12.0 Å². The van der Waals surface area contributed by atoms with Gasteiger partial charge in [-0.3, -0.25) is 4.99 Å². The molecule has 17 heavy (non-hydrogen) atoms. The average Bonchev–Trinajstić information content (AvgIpc) is 2.85. The zero-order valence-corrected chi connectivity index (χ0v) is 11.3. The molecule has 0 spiro atoms. The molecule has 1 heterocycles. The van der Waals surface area contributed by atoms with Gasteiger partial charge in [0.1, 0.15) is 0 Å². The van der Waals surface area contributed by atoms with Gasteiger partial charge in [0.2, 0.25) is 0 Å². The molecule has 0 saturated carbocycles. The topological polar surface area (TPSA) is 24.4 Å². The van der Waals surface area contributed by atoms with E-state index in [1.54, 1.807) is 0 Å². The lowest BCUT2D eigenvalue weighted by molar-refractivity contribution is 0.664. The Kier molecular flexibility index (Phi) is 4.49. The van der Waals surface area contributed by atoms with Crippen LogP contribution in [0.3, 0.4) is 0 Å². The van der Waals surface area contributed by atoms with Gasteiger partial charge in [-0.1, -0.05) is 55.9 Å². The number of nitrogens with zero attached hydrogens (tertiary/aromatic N) is 1. The predicted molar refractivity (Wildman–Crippen MR) is 76.8 cm³/mol. The summed E-state index contributed by atoms with van der Waals surface area (Å²) in [6, 6.07) is 11.2. The van der Waals surface area contributed by atoms with Gasteiger partial charge in [0.05, 0.1) is 0 Å². The smallest absolute Gasteiger partial charge is 0.156 e. The van der Waals surface area contributed by atoms with E-state index in [2.05, 4.69) is 54.5 Å². The van der Waals surface area contributed by atoms with E-state index in [1.807, 2.05) is 11.8 Å². The van der Waals surface area contributed by atoms with Crippen molar-refractivity contribution in [3.63, 3.8) is 0 Å². The van der Waals surface area contributed by atoms with E-state index in [0.717, 1.165) is 17.5 Å². The van der Waals surface area contributed by atoms with Crippen molar-refractivity contribution in [3.8, 4) is 0 Å². The third-order valence-electron chi connectivity index (χ3n) is 3.12. The third kappa shape index (κ3) is 3.50. The van der Waals surface area contributed by atoms with E-state index in [9.17, 15) is 0 Å². The summed E-state index contributed by atoms with van der Waals surface area (Å²) in [4.78, 5) is 4.67. The number of nitrogens with one attached hydrogen (secondary N) is 1. The SMILES string of the molecule is CCC1CSC(=NCC(C)c2ccccc2)N1. The number of aliphatic imine (C=N–C) groups is 1. The molecular formula is C14H20N2S. The maximum absolute atomic E-state index is 4.67. The Labute approximate surface area is 108 Å². The Morgan fingerprint density at radius 1 is 1.41 bits per heavy atom. The van der Waals surface area contributed by atoms with Crippen LogP contribution in [0.15, 0.2) is 35.3 Å². The van der Waals surface area contributed by atoms with E-state index in [1.165, 1.54) is 12.0 Å². The number of thioether (sulfide) groups is 1. The highest BCUT2D eigenvalue weighted by Gasteiger charge is 2.18. The van der Waals surface area contributed by atoms with Crippen LogP contribution in [0.4, 0.5) is 0 Å². The first-order valence-electron chi connectivity index (χ1n) is 6.28. The molecule has 0 aliphatic carbocycles. The van der Waals surface area contributed by atoms with E-state index < -0.39 is 0 Å². The van der Waals surface area contributed by atoms with Crippen LogP contribution in [0, 0.1) is 0 Å². The number of benzene rings is 1. The van der Waals surface area contributed by atoms with Crippen LogP contribution >= 0.6 is 11.8 Å². The molecule has 1 aromatic rings. The molecule has 0 amide bonds. The van der Waals surface area contributed by atoms with Gasteiger partial charge in [-0.2, -0.15) is 0 Å². The highest BCUT2D eigenvalue weighted by Crippen LogP contribution is 2.18. The fourth-order valence-corrected chi connectivity index (χ4v) is 2.95. The minimum absolute atomic E-state index is 0.492. The molecular weight excluding hydrogens is 228 g/mol. The molecule has 2 unspecified atom stereocenters. The summed E-state index contributed by atoms with van der Waals surface area (Å²) >= 11 is 1.85. The second-order valence-electron chi connectivity index (χ2n) is 4.52. The average molecular weight is 248 g/mol. The highest BCUT2D eigenvalue weighted by molar-refractivity contribution is 8.14. The zero-order valence-electron chi connectivity index (χ0n) is 10.5. The highest BCUT2D eigenvalue weighted by atomic mass is 32.2. The third-order valence-corrected chi connectivity index (χ3v) is 4.21. The lowest BCUT2D eigenvalue weighted by Crippen LogP contribution is -2.26. The van der Waals surface area contributed by atoms with Crippen molar-refractivity contribution in [3.05, 3.63) is 35.9 Å². The van der Waals surface area contributed by atoms with Gasteiger partial charge in [0, 0.05) is 24.3 Å². The zero-order chi connectivity index (χ0) is 12.1. The van der Waals surface area contributed by atoms with Crippen molar-refractivity contribution in [2.45, 2.75) is 32.2 Å². The van der Waals surface area contributed by atoms with Crippen molar-refractivity contribution >= 4 is 16.9 Å². The molecule has 1 saturated heterocycles. The molecule has 3 heteroatoms. The predicted octanol–water partition coefficient (Wildman–Crippen LogP) is 3.26. The minimum atomic E-state index is 0.492. The van der Waals surface area contributed by atoms with Gasteiger partial charge in [0.15, 0.2) is 5.17 Å². The molecule has 1 aliphatic rings. The molecule has 2 atom stereocenters. The van der Waals surface area contributed by atoms with Crippen molar-refractivity contribution < 1.29 is 0 Å². The number of rotatable bonds is 4. The van der Waals surface area contributed by atoms with Crippen LogP contribution in [0.2, 0.25) is 0 Å². The maximum Gasteiger partial charge on any atom is 0.156 e. The van der Waals surface area contributed by atoms with Crippen LogP contribution in [-0.2, 0) is 0 Å². The number of hydrogen-bond acceptors (Lipinski definition) is 2. The van der Waals surface area contributed by atoms with E-state index >= 15 is 0 Å². The lowest BCUT2D eigenvalue weighted by atomic mass is 10.0. The fourth-order valence-electron chi connectivity index (χ4n) is 1.86. The van der Waals surface area contributed by atoms with Crippen molar-refractivity contribution in [2.75, 3.05) is 12.3 Å². The largest absolute Gasteiger partial charge is 0.361 e. The second kappa shape index (κ2) is 6.10. The van der Waals surface area contributed by atoms with Crippen molar-refractivity contribution in [2.24, 2.45) is 4.99 Å². The fraction of sp³-hybridized carbons (Fsp3) is 0.500. The van der Waals surface area contributed by atoms with E-state index in [-0.39, 0.29) is 0 Å². The first kappa shape index (κ1) is 12.5. The Balaban J connectivity index is 1.88. The summed E-state index contributed by atoms with van der Waals surface area (Å²) in [6.07, 6.45) is 1.18. The van der Waals surface area contributed by atoms with Crippen LogP contribution < -0.4 is 5.32 Å². The second-order valence-corrected chi connectivity index (χ2v) is 5.53. The summed E-state index contributed by atoms with van der Waals surface area (Å²) in [5.74, 6) is 1.65. The molecule has 0 aromatic heterocycles. The maximum atomic E-state index is 4.67. The molecule has 1 aromatic carbocycles. The molecule has 2 rings (SSSR count). The van der Waals surface area contributed by atoms with Crippen LogP contribution in [0.1, 0.15) is 31.7 Å². The standard InChI is InChI=1S/C14H20N2S/c1-3-13-10-17-14(16-13)15-9-11(2)12-7-5-4-6-8-12/h4-8,11,13H,3,9-10H2,1-2H3,(H,15,16). The van der Waals surface area contributed by atoms with Gasteiger partial charge >= 0.3 is 0 Å². The Morgan fingerprint density at radius 2 is 2.18 bits per heavy atom. The summed E-state index contributed by atoms with van der Waals surface area (Å²) in [6.45, 7) is 5.32. The Bertz CT molecular complexity index is 375. The van der Waals surface area contributed by atoms with Gasteiger partial charge < -0.3 is 5.32 Å². The molecule has 2 nitrogen and oxygen atoms in total. The summed E-state index contributed by atoms with van der Waals surface area (Å²) in [5, 5.41) is 4.59. The molecule has 1 aliphatic heterocycles. The molecule has 1 fully saturated rings. The van der Waals surface area contributed by atoms with Crippen LogP contribution in [-0.4, -0.2) is 23.5 Å². The van der Waals surface area contributed by atoms with Crippen LogP contribution in [0.25, 0.3) is 0 Å². The molecule has 92 valence electrons. The summed E-state index contributed by atoms with van der Waals surface area (Å²) in [7, 11) is 0. The quantitative estimate of drug-likeness (QED) is 0.884. The Morgan fingerprint density at radius 3 is 2.82 bits per heavy atom. The van der Waals surface area contributed by atoms with Gasteiger partial charge in [0.25, 0.3) is 0 Å². The normalized spacial score (nSPS) is 23.6. The first-order valence-corrected chi connectivity index (χ1v) is 7.27.